The van der Waals surface area contributed by atoms with E-state index in [9.17, 15) is 66.3 Å². The van der Waals surface area contributed by atoms with Crippen LogP contribution < -0.4 is 10.1 Å². The molecule has 7 N–H and O–H groups in total. The average molecular weight is 995 g/mol. The van der Waals surface area contributed by atoms with Gasteiger partial charge in [0.2, 0.25) is 11.7 Å². The zero-order valence-corrected chi connectivity index (χ0v) is 36.9. The number of carbonyl (C=O) groups excluding carboxylic acids is 3. The van der Waals surface area contributed by atoms with E-state index in [-0.39, 0.29) is 52.3 Å². The lowest BCUT2D eigenvalue weighted by atomic mass is 9.88. The predicted molar refractivity (Wildman–Crippen MR) is 222 cm³/mol. The molecular formula is C43H50F8N6O12. The van der Waals surface area contributed by atoms with Crippen LogP contribution in [0, 0.1) is 11.6 Å². The van der Waals surface area contributed by atoms with Crippen molar-refractivity contribution in [2.45, 2.75) is 81.0 Å². The van der Waals surface area contributed by atoms with Gasteiger partial charge in [-0.15, -0.1) is 0 Å². The minimum atomic E-state index is -5.03. The second kappa shape index (κ2) is 22.9. The molecule has 1 saturated carbocycles. The number of carbonyl (C=O) groups is 3. The van der Waals surface area contributed by atoms with Crippen LogP contribution in [-0.4, -0.2) is 163 Å². The minimum Gasteiger partial charge on any atom is -0.509 e. The molecular weight excluding hydrogens is 944 g/mol. The number of halogens is 8. The third kappa shape index (κ3) is 12.8. The van der Waals surface area contributed by atoms with Crippen LogP contribution in [0.3, 0.4) is 0 Å². The van der Waals surface area contributed by atoms with E-state index in [1.807, 2.05) is 0 Å². The Bertz CT molecular complexity index is 2330. The summed E-state index contributed by atoms with van der Waals surface area (Å²) in [7, 11) is 2.71. The first-order valence-corrected chi connectivity index (χ1v) is 21.2. The monoisotopic (exact) mass is 994 g/mol. The SMILES string of the molecule is CN(C[C@H](O)[C@@H](O)[C@H](O)[C@H](O)CO)C(=O)CCOCCOCCOc1ccc(CN2C(=O)C(C(=O)Nc3ccc(C(F)(F)F)cc3-c3cc(C(F)(F)F)ncn3)=C(O)C3(CCCC3)N2C)c(F)c1F. The van der Waals surface area contributed by atoms with Crippen molar-refractivity contribution < 1.29 is 94.4 Å². The van der Waals surface area contributed by atoms with Crippen molar-refractivity contribution in [2.75, 3.05) is 65.6 Å². The van der Waals surface area contributed by atoms with Crippen LogP contribution in [0.25, 0.3) is 11.3 Å². The molecule has 0 bridgehead atoms. The number of amides is 3. The number of rotatable bonds is 21. The lowest BCUT2D eigenvalue weighted by Crippen LogP contribution is -2.62. The molecule has 4 atom stereocenters. The van der Waals surface area contributed by atoms with E-state index in [0.717, 1.165) is 28.1 Å². The first-order chi connectivity index (χ1) is 32.4. The lowest BCUT2D eigenvalue weighted by Gasteiger charge is -2.48. The van der Waals surface area contributed by atoms with E-state index >= 15 is 8.78 Å². The summed E-state index contributed by atoms with van der Waals surface area (Å²) >= 11 is 0. The second-order valence-electron chi connectivity index (χ2n) is 16.1. The highest BCUT2D eigenvalue weighted by Crippen LogP contribution is 2.45. The Labute approximate surface area is 388 Å². The summed E-state index contributed by atoms with van der Waals surface area (Å²) in [5, 5.41) is 64.0. The van der Waals surface area contributed by atoms with Crippen molar-refractivity contribution in [1.29, 1.82) is 0 Å². The maximum atomic E-state index is 15.7. The molecule has 3 aromatic rings. The number of aliphatic hydroxyl groups is 6. The summed E-state index contributed by atoms with van der Waals surface area (Å²) in [5.74, 6) is -7.22. The number of hydrogen-bond donors (Lipinski definition) is 7. The molecule has 1 aromatic heterocycles. The Morgan fingerprint density at radius 3 is 2.14 bits per heavy atom. The molecule has 2 heterocycles. The minimum absolute atomic E-state index is 0.00170. The van der Waals surface area contributed by atoms with Gasteiger partial charge in [0.25, 0.3) is 11.8 Å². The van der Waals surface area contributed by atoms with Gasteiger partial charge >= 0.3 is 12.4 Å². The van der Waals surface area contributed by atoms with Crippen molar-refractivity contribution in [3.05, 3.63) is 82.5 Å². The van der Waals surface area contributed by atoms with Crippen molar-refractivity contribution in [3.8, 4) is 17.0 Å². The first-order valence-electron chi connectivity index (χ1n) is 21.2. The van der Waals surface area contributed by atoms with Crippen LogP contribution in [0.4, 0.5) is 40.8 Å². The van der Waals surface area contributed by atoms with Crippen LogP contribution in [0.2, 0.25) is 0 Å². The first kappa shape index (κ1) is 54.3. The van der Waals surface area contributed by atoms with Crippen LogP contribution in [0.1, 0.15) is 48.9 Å². The zero-order chi connectivity index (χ0) is 51.0. The standard InChI is InChI=1S/C43H50F8N6O12/c1-55(20-28(59)36(62)37(63)29(60)21-58)32(61)9-12-67-13-14-68-15-16-69-30-8-5-23(34(44)35(30)45)19-57-40(66)33(38(64)41(56(57)2)10-3-4-11-41)39(65)54-26-7-6-24(42(46,47)48)17-25(26)27-18-31(43(49,50)51)53-22-52-27/h5-8,17-18,22,28-29,36-37,58-60,62-64H,3-4,9-16,19-21H2,1-2H3,(H,54,65)/t28-,29+,36+,37+/m0/s1. The summed E-state index contributed by atoms with van der Waals surface area (Å²) in [6, 6.07) is 4.26. The largest absolute Gasteiger partial charge is 0.509 e. The van der Waals surface area contributed by atoms with Gasteiger partial charge in [0.05, 0.1) is 68.5 Å². The molecule has 26 heteroatoms. The zero-order valence-electron chi connectivity index (χ0n) is 36.9. The van der Waals surface area contributed by atoms with Crippen molar-refractivity contribution in [1.82, 2.24) is 24.9 Å². The van der Waals surface area contributed by atoms with Gasteiger partial charge in [0.15, 0.2) is 11.6 Å². The molecule has 69 heavy (non-hydrogen) atoms. The van der Waals surface area contributed by atoms with E-state index < -0.39 is 142 Å². The van der Waals surface area contributed by atoms with Gasteiger partial charge in [-0.1, -0.05) is 18.9 Å². The average Bonchev–Trinajstić information content (AvgIpc) is 3.81. The molecule has 1 aliphatic carbocycles. The quantitative estimate of drug-likeness (QED) is 0.0461. The van der Waals surface area contributed by atoms with Gasteiger partial charge < -0.3 is 55.1 Å². The molecule has 2 aliphatic rings. The van der Waals surface area contributed by atoms with Gasteiger partial charge in [-0.2, -0.15) is 30.7 Å². The topological polar surface area (TPSA) is 248 Å². The molecule has 1 spiro atoms. The third-order valence-corrected chi connectivity index (χ3v) is 11.6. The predicted octanol–water partition coefficient (Wildman–Crippen LogP) is 3.11. The Morgan fingerprint density at radius 1 is 0.870 bits per heavy atom. The highest BCUT2D eigenvalue weighted by molar-refractivity contribution is 6.24. The van der Waals surface area contributed by atoms with Crippen LogP contribution in [-0.2, 0) is 42.8 Å². The van der Waals surface area contributed by atoms with Gasteiger partial charge in [0, 0.05) is 31.8 Å². The molecule has 5 rings (SSSR count). The second-order valence-corrected chi connectivity index (χ2v) is 16.1. The molecule has 0 unspecified atom stereocenters. The number of alkyl halides is 6. The number of likely N-dealkylation sites (N-methyl/N-ethyl adjacent to an activating group) is 2. The number of nitrogens with zero attached hydrogens (tertiary/aromatic N) is 5. The van der Waals surface area contributed by atoms with Crippen LogP contribution >= 0.6 is 0 Å². The molecule has 380 valence electrons. The fraction of sp³-hybridized carbons (Fsp3) is 0.512. The molecule has 1 fully saturated rings. The fourth-order valence-corrected chi connectivity index (χ4v) is 7.68. The summed E-state index contributed by atoms with van der Waals surface area (Å²) in [4.78, 5) is 48.3. The van der Waals surface area contributed by atoms with Crippen molar-refractivity contribution >= 4 is 23.4 Å². The number of ether oxygens (including phenoxy) is 3. The van der Waals surface area contributed by atoms with E-state index in [1.54, 1.807) is 0 Å². The number of aromatic nitrogens is 2. The number of benzene rings is 2. The Kier molecular flexibility index (Phi) is 18.0. The van der Waals surface area contributed by atoms with Gasteiger partial charge in [-0.05, 0) is 43.2 Å². The highest BCUT2D eigenvalue weighted by Gasteiger charge is 2.53. The van der Waals surface area contributed by atoms with E-state index in [2.05, 4.69) is 15.3 Å². The number of nitrogens with one attached hydrogen (secondary N) is 1. The molecule has 0 radical (unpaired) electrons. The smallest absolute Gasteiger partial charge is 0.433 e. The Hall–Kier alpha value is -5.61. The van der Waals surface area contributed by atoms with Gasteiger partial charge in [-0.25, -0.2) is 19.4 Å². The fourth-order valence-electron chi connectivity index (χ4n) is 7.68. The molecule has 1 aliphatic heterocycles. The number of anilines is 1. The number of hydrazine groups is 1. The molecule has 18 nitrogen and oxygen atoms in total. The Morgan fingerprint density at radius 2 is 1.51 bits per heavy atom. The van der Waals surface area contributed by atoms with Crippen molar-refractivity contribution in [2.24, 2.45) is 0 Å². The van der Waals surface area contributed by atoms with Gasteiger partial charge in [0.1, 0.15) is 54.4 Å². The maximum Gasteiger partial charge on any atom is 0.433 e. The van der Waals surface area contributed by atoms with E-state index in [0.29, 0.717) is 37.4 Å². The van der Waals surface area contributed by atoms with Crippen LogP contribution in [0.15, 0.2) is 54.1 Å². The van der Waals surface area contributed by atoms with E-state index in [4.69, 9.17) is 19.3 Å². The maximum absolute atomic E-state index is 15.7. The molecule has 0 saturated heterocycles. The van der Waals surface area contributed by atoms with Crippen LogP contribution in [0.5, 0.6) is 5.75 Å². The summed E-state index contributed by atoms with van der Waals surface area (Å²) < 4.78 is 129. The third-order valence-electron chi connectivity index (χ3n) is 11.6. The van der Waals surface area contributed by atoms with E-state index in [1.165, 1.54) is 19.1 Å². The normalized spacial score (nSPS) is 17.3. The number of aliphatic hydroxyl groups excluding tert-OH is 6. The molecule has 2 aromatic carbocycles. The van der Waals surface area contributed by atoms with Gasteiger partial charge in [-0.3, -0.25) is 19.4 Å². The summed E-state index contributed by atoms with van der Waals surface area (Å²) in [5.41, 5.74) is -7.38. The highest BCUT2D eigenvalue weighted by atomic mass is 19.4. The Balaban J connectivity index is 1.19. The number of hydrogen-bond acceptors (Lipinski definition) is 15. The summed E-state index contributed by atoms with van der Waals surface area (Å²) in [6.07, 6.45) is -15.4. The lowest BCUT2D eigenvalue weighted by molar-refractivity contribution is -0.163. The summed E-state index contributed by atoms with van der Waals surface area (Å²) in [6.45, 7) is -2.41. The van der Waals surface area contributed by atoms with Crippen molar-refractivity contribution in [3.63, 3.8) is 0 Å². The molecule has 3 amide bonds.